The van der Waals surface area contributed by atoms with E-state index in [-0.39, 0.29) is 5.92 Å². The van der Waals surface area contributed by atoms with Gasteiger partial charge in [0.15, 0.2) is 0 Å². The Morgan fingerprint density at radius 2 is 2.56 bits per heavy atom. The highest BCUT2D eigenvalue weighted by Crippen LogP contribution is 2.15. The van der Waals surface area contributed by atoms with Crippen LogP contribution in [0, 0.1) is 5.92 Å². The highest BCUT2D eigenvalue weighted by atomic mass is 16.1. The molecule has 9 heavy (non-hydrogen) atoms. The average Bonchev–Trinajstić information content (AvgIpc) is 1.89. The van der Waals surface area contributed by atoms with E-state index in [1.165, 1.54) is 5.57 Å². The van der Waals surface area contributed by atoms with Gasteiger partial charge in [0.05, 0.1) is 5.92 Å². The maximum Gasteiger partial charge on any atom is 0.130 e. The summed E-state index contributed by atoms with van der Waals surface area (Å²) >= 11 is 0. The molecule has 0 aromatic carbocycles. The molecule has 0 fully saturated rings. The molecule has 1 atom stereocenters. The largest absolute Gasteiger partial charge is 0.302 e. The molecule has 1 nitrogen and oxygen atoms in total. The molecule has 1 rings (SSSR count). The topological polar surface area (TPSA) is 17.1 Å². The van der Waals surface area contributed by atoms with E-state index in [1.54, 1.807) is 0 Å². The third-order valence-electron chi connectivity index (χ3n) is 1.59. The lowest BCUT2D eigenvalue weighted by atomic mass is 9.96. The van der Waals surface area contributed by atoms with Crippen LogP contribution < -0.4 is 0 Å². The summed E-state index contributed by atoms with van der Waals surface area (Å²) in [4.78, 5) is 10.3. The van der Waals surface area contributed by atoms with E-state index in [9.17, 15) is 4.79 Å². The molecule has 1 heteroatoms. The normalized spacial score (nSPS) is 25.4. The van der Waals surface area contributed by atoms with Gasteiger partial charge < -0.3 is 4.79 Å². The minimum Gasteiger partial charge on any atom is -0.302 e. The van der Waals surface area contributed by atoms with Gasteiger partial charge in [-0.25, -0.2) is 0 Å². The average molecular weight is 122 g/mol. The highest BCUT2D eigenvalue weighted by Gasteiger charge is 2.06. The Kier molecular flexibility index (Phi) is 1.83. The number of carbonyl (C=O) groups excluding carboxylic acids is 1. The molecule has 0 heterocycles. The van der Waals surface area contributed by atoms with E-state index in [4.69, 9.17) is 0 Å². The van der Waals surface area contributed by atoms with Crippen molar-refractivity contribution < 1.29 is 4.79 Å². The van der Waals surface area contributed by atoms with Crippen molar-refractivity contribution in [3.63, 3.8) is 0 Å². The maximum atomic E-state index is 10.3. The zero-order chi connectivity index (χ0) is 6.69. The van der Waals surface area contributed by atoms with E-state index < -0.39 is 0 Å². The van der Waals surface area contributed by atoms with Gasteiger partial charge in [0, 0.05) is 0 Å². The molecule has 1 aliphatic rings. The predicted octanol–water partition coefficient (Wildman–Crippen LogP) is 1.71. The van der Waals surface area contributed by atoms with Crippen LogP contribution in [0.2, 0.25) is 0 Å². The van der Waals surface area contributed by atoms with Crippen LogP contribution in [0.5, 0.6) is 0 Å². The van der Waals surface area contributed by atoms with Crippen LogP contribution >= 0.6 is 0 Å². The van der Waals surface area contributed by atoms with E-state index in [0.717, 1.165) is 12.7 Å². The Morgan fingerprint density at radius 3 is 3.00 bits per heavy atom. The maximum absolute atomic E-state index is 10.3. The number of carbonyl (C=O) groups is 1. The van der Waals surface area contributed by atoms with E-state index >= 15 is 0 Å². The van der Waals surface area contributed by atoms with Crippen molar-refractivity contribution in [2.24, 2.45) is 5.92 Å². The third kappa shape index (κ3) is 1.28. The second kappa shape index (κ2) is 2.62. The van der Waals surface area contributed by atoms with Crippen LogP contribution in [0.15, 0.2) is 23.8 Å². The summed E-state index contributed by atoms with van der Waals surface area (Å²) in [6, 6.07) is 0. The van der Waals surface area contributed by atoms with Crippen LogP contribution in [0.4, 0.5) is 0 Å². The van der Waals surface area contributed by atoms with Crippen molar-refractivity contribution in [2.75, 3.05) is 0 Å². The summed E-state index contributed by atoms with van der Waals surface area (Å²) in [7, 11) is 0. The van der Waals surface area contributed by atoms with Crippen molar-refractivity contribution in [2.45, 2.75) is 13.3 Å². The number of hydrogen-bond donors (Lipinski definition) is 0. The molecular formula is C8H10O. The fourth-order valence-electron chi connectivity index (χ4n) is 0.920. The molecule has 1 unspecified atom stereocenters. The van der Waals surface area contributed by atoms with Crippen molar-refractivity contribution in [3.8, 4) is 0 Å². The summed E-state index contributed by atoms with van der Waals surface area (Å²) in [6.07, 6.45) is 8.01. The monoisotopic (exact) mass is 122 g/mol. The molecule has 0 N–H and O–H groups in total. The second-order valence-corrected chi connectivity index (χ2v) is 2.27. The Hall–Kier alpha value is -0.850. The first-order valence-corrected chi connectivity index (χ1v) is 3.13. The molecule has 0 saturated carbocycles. The van der Waals surface area contributed by atoms with Crippen molar-refractivity contribution >= 4 is 6.29 Å². The number of hydrogen-bond acceptors (Lipinski definition) is 1. The molecule has 0 aromatic rings. The fraction of sp³-hybridized carbons (Fsp3) is 0.375. The smallest absolute Gasteiger partial charge is 0.130 e. The number of allylic oxidation sites excluding steroid dienone is 4. The summed E-state index contributed by atoms with van der Waals surface area (Å²) in [6.45, 7) is 1.99. The minimum atomic E-state index is 0.0544. The van der Waals surface area contributed by atoms with Gasteiger partial charge in [0.1, 0.15) is 6.29 Å². The lowest BCUT2D eigenvalue weighted by molar-refractivity contribution is -0.109. The van der Waals surface area contributed by atoms with Gasteiger partial charge in [0.2, 0.25) is 0 Å². The van der Waals surface area contributed by atoms with Gasteiger partial charge in [-0.1, -0.05) is 23.8 Å². The highest BCUT2D eigenvalue weighted by molar-refractivity contribution is 5.62. The second-order valence-electron chi connectivity index (χ2n) is 2.27. The van der Waals surface area contributed by atoms with Gasteiger partial charge in [-0.2, -0.15) is 0 Å². The van der Waals surface area contributed by atoms with Gasteiger partial charge in [0.25, 0.3) is 0 Å². The molecule has 0 radical (unpaired) electrons. The van der Waals surface area contributed by atoms with Crippen molar-refractivity contribution in [1.82, 2.24) is 0 Å². The quantitative estimate of drug-likeness (QED) is 0.382. The van der Waals surface area contributed by atoms with E-state index in [1.807, 2.05) is 19.1 Å². The Bertz CT molecular complexity index is 165. The molecule has 0 saturated heterocycles. The minimum absolute atomic E-state index is 0.0544. The molecular weight excluding hydrogens is 112 g/mol. The number of aldehydes is 1. The molecule has 0 spiro atoms. The zero-order valence-electron chi connectivity index (χ0n) is 5.50. The standard InChI is InChI=1S/C8H10O/c1-7-4-2-3-5-8(7)6-9/h3-6,8H,2H2,1H3. The van der Waals surface area contributed by atoms with E-state index in [0.29, 0.717) is 0 Å². The summed E-state index contributed by atoms with van der Waals surface area (Å²) in [5, 5.41) is 0. The molecule has 0 aliphatic heterocycles. The Balaban J connectivity index is 2.69. The van der Waals surface area contributed by atoms with Crippen molar-refractivity contribution in [3.05, 3.63) is 23.8 Å². The third-order valence-corrected chi connectivity index (χ3v) is 1.59. The molecule has 0 bridgehead atoms. The van der Waals surface area contributed by atoms with Crippen LogP contribution in [-0.4, -0.2) is 6.29 Å². The molecule has 1 aliphatic carbocycles. The predicted molar refractivity (Wildman–Crippen MR) is 37.1 cm³/mol. The van der Waals surface area contributed by atoms with Crippen LogP contribution in [0.1, 0.15) is 13.3 Å². The summed E-state index contributed by atoms with van der Waals surface area (Å²) < 4.78 is 0. The first-order chi connectivity index (χ1) is 4.34. The van der Waals surface area contributed by atoms with Crippen LogP contribution in [-0.2, 0) is 4.79 Å². The first-order valence-electron chi connectivity index (χ1n) is 3.13. The molecule has 48 valence electrons. The van der Waals surface area contributed by atoms with E-state index in [2.05, 4.69) is 6.08 Å². The van der Waals surface area contributed by atoms with Crippen LogP contribution in [0.25, 0.3) is 0 Å². The van der Waals surface area contributed by atoms with Gasteiger partial charge in [-0.05, 0) is 13.3 Å². The zero-order valence-corrected chi connectivity index (χ0v) is 5.50. The first kappa shape index (κ1) is 6.27. The number of rotatable bonds is 1. The summed E-state index contributed by atoms with van der Waals surface area (Å²) in [5.41, 5.74) is 1.17. The Labute approximate surface area is 55.1 Å². The lowest BCUT2D eigenvalue weighted by Gasteiger charge is -2.08. The SMILES string of the molecule is CC1=CCC=CC1C=O. The lowest BCUT2D eigenvalue weighted by Crippen LogP contribution is -2.01. The molecule has 0 amide bonds. The Morgan fingerprint density at radius 1 is 1.78 bits per heavy atom. The van der Waals surface area contributed by atoms with Gasteiger partial charge >= 0.3 is 0 Å². The van der Waals surface area contributed by atoms with Gasteiger partial charge in [-0.3, -0.25) is 0 Å². The van der Waals surface area contributed by atoms with Crippen molar-refractivity contribution in [1.29, 1.82) is 0 Å². The van der Waals surface area contributed by atoms with Gasteiger partial charge in [-0.15, -0.1) is 0 Å². The molecule has 0 aromatic heterocycles. The summed E-state index contributed by atoms with van der Waals surface area (Å²) in [5.74, 6) is 0.0544. The van der Waals surface area contributed by atoms with Crippen LogP contribution in [0.3, 0.4) is 0 Å². The fourth-order valence-corrected chi connectivity index (χ4v) is 0.920.